The molecule has 2 saturated heterocycles. The predicted molar refractivity (Wildman–Crippen MR) is 91.4 cm³/mol. The van der Waals surface area contributed by atoms with Gasteiger partial charge in [-0.15, -0.1) is 0 Å². The number of carbonyl (C=O) groups excluding carboxylic acids is 1. The van der Waals surface area contributed by atoms with Crippen LogP contribution >= 0.6 is 0 Å². The molecule has 2 aliphatic heterocycles. The van der Waals surface area contributed by atoms with Gasteiger partial charge in [-0.3, -0.25) is 9.69 Å². The van der Waals surface area contributed by atoms with Crippen LogP contribution in [0.25, 0.3) is 0 Å². The Morgan fingerprint density at radius 2 is 2.09 bits per heavy atom. The number of amides is 1. The lowest BCUT2D eigenvalue weighted by Gasteiger charge is -2.39. The second-order valence-electron chi connectivity index (χ2n) is 6.62. The first-order valence-electron chi connectivity index (χ1n) is 8.52. The Labute approximate surface area is 138 Å². The van der Waals surface area contributed by atoms with Crippen LogP contribution in [0, 0.1) is 12.8 Å². The molecule has 0 saturated carbocycles. The molecule has 0 unspecified atom stereocenters. The van der Waals surface area contributed by atoms with Crippen LogP contribution in [0.1, 0.15) is 11.1 Å². The average molecular weight is 314 g/mol. The number of hydrogen-bond acceptors (Lipinski definition) is 3. The Balaban J connectivity index is 1.37. The van der Waals surface area contributed by atoms with Crippen molar-refractivity contribution in [3.8, 4) is 0 Å². The Bertz CT molecular complexity index is 558. The lowest BCUT2D eigenvalue weighted by atomic mass is 9.91. The molecule has 23 heavy (non-hydrogen) atoms. The van der Waals surface area contributed by atoms with Crippen LogP contribution in [0.4, 0.5) is 0 Å². The number of ether oxygens (including phenoxy) is 1. The maximum Gasteiger partial charge on any atom is 0.246 e. The highest BCUT2D eigenvalue weighted by atomic mass is 16.5. The third kappa shape index (κ3) is 4.66. The zero-order valence-corrected chi connectivity index (χ0v) is 13.9. The highest BCUT2D eigenvalue weighted by Gasteiger charge is 2.29. The molecule has 0 atom stereocenters. The van der Waals surface area contributed by atoms with Crippen molar-refractivity contribution in [2.24, 2.45) is 5.92 Å². The van der Waals surface area contributed by atoms with Crippen molar-refractivity contribution < 1.29 is 9.53 Å². The molecule has 4 nitrogen and oxygen atoms in total. The molecule has 0 radical (unpaired) electrons. The van der Waals surface area contributed by atoms with Crippen LogP contribution in [-0.4, -0.2) is 61.6 Å². The van der Waals surface area contributed by atoms with Crippen LogP contribution < -0.4 is 0 Å². The van der Waals surface area contributed by atoms with Crippen molar-refractivity contribution >= 4 is 5.91 Å². The van der Waals surface area contributed by atoms with Gasteiger partial charge in [0.1, 0.15) is 0 Å². The lowest BCUT2D eigenvalue weighted by Crippen LogP contribution is -2.50. The van der Waals surface area contributed by atoms with Gasteiger partial charge in [0.2, 0.25) is 5.91 Å². The molecule has 0 aliphatic carbocycles. The SMILES string of the molecule is Cc1cccc(CC2CN(C(=O)/C=C/CN3CCOCC3)C2)c1. The van der Waals surface area contributed by atoms with Gasteiger partial charge in [-0.2, -0.15) is 0 Å². The molecule has 1 amide bonds. The van der Waals surface area contributed by atoms with Crippen LogP contribution in [0.15, 0.2) is 36.4 Å². The van der Waals surface area contributed by atoms with E-state index < -0.39 is 0 Å². The summed E-state index contributed by atoms with van der Waals surface area (Å²) in [5, 5.41) is 0. The molecule has 1 aromatic carbocycles. The van der Waals surface area contributed by atoms with Gasteiger partial charge in [-0.1, -0.05) is 35.9 Å². The van der Waals surface area contributed by atoms with Crippen LogP contribution in [-0.2, 0) is 16.0 Å². The van der Waals surface area contributed by atoms with E-state index in [0.29, 0.717) is 5.92 Å². The van der Waals surface area contributed by atoms with E-state index in [4.69, 9.17) is 4.74 Å². The Morgan fingerprint density at radius 1 is 1.30 bits per heavy atom. The summed E-state index contributed by atoms with van der Waals surface area (Å²) in [7, 11) is 0. The fraction of sp³-hybridized carbons (Fsp3) is 0.526. The summed E-state index contributed by atoms with van der Waals surface area (Å²) < 4.78 is 5.32. The van der Waals surface area contributed by atoms with E-state index in [1.54, 1.807) is 6.08 Å². The molecule has 2 aliphatic rings. The van der Waals surface area contributed by atoms with Gasteiger partial charge >= 0.3 is 0 Å². The molecule has 3 rings (SSSR count). The van der Waals surface area contributed by atoms with Gasteiger partial charge < -0.3 is 9.64 Å². The molecule has 2 fully saturated rings. The molecule has 124 valence electrons. The van der Waals surface area contributed by atoms with Gasteiger partial charge in [0.05, 0.1) is 13.2 Å². The highest BCUT2D eigenvalue weighted by Crippen LogP contribution is 2.21. The van der Waals surface area contributed by atoms with E-state index in [1.165, 1.54) is 11.1 Å². The summed E-state index contributed by atoms with van der Waals surface area (Å²) in [6, 6.07) is 8.66. The number of benzene rings is 1. The minimum atomic E-state index is 0.152. The van der Waals surface area contributed by atoms with Crippen molar-refractivity contribution in [3.63, 3.8) is 0 Å². The summed E-state index contributed by atoms with van der Waals surface area (Å²) in [6.07, 6.45) is 4.79. The summed E-state index contributed by atoms with van der Waals surface area (Å²) >= 11 is 0. The standard InChI is InChI=1S/C19H26N2O2/c1-16-4-2-5-17(12-16)13-18-14-21(15-18)19(22)6-3-7-20-8-10-23-11-9-20/h2-6,12,18H,7-11,13-15H2,1H3/b6-3+. The number of aryl methyl sites for hydroxylation is 1. The second-order valence-corrected chi connectivity index (χ2v) is 6.62. The Hall–Kier alpha value is -1.65. The molecule has 0 spiro atoms. The van der Waals surface area contributed by atoms with E-state index in [9.17, 15) is 4.79 Å². The van der Waals surface area contributed by atoms with Gasteiger partial charge in [-0.05, 0) is 24.8 Å². The third-order valence-electron chi connectivity index (χ3n) is 4.60. The number of nitrogens with zero attached hydrogens (tertiary/aromatic N) is 2. The zero-order chi connectivity index (χ0) is 16.1. The van der Waals surface area contributed by atoms with E-state index in [1.807, 2.05) is 11.0 Å². The molecule has 2 heterocycles. The monoisotopic (exact) mass is 314 g/mol. The first-order valence-corrected chi connectivity index (χ1v) is 8.52. The molecule has 1 aromatic rings. The summed E-state index contributed by atoms with van der Waals surface area (Å²) in [5.41, 5.74) is 2.69. The largest absolute Gasteiger partial charge is 0.379 e. The fourth-order valence-corrected chi connectivity index (χ4v) is 3.24. The molecule has 0 bridgehead atoms. The van der Waals surface area contributed by atoms with E-state index in [2.05, 4.69) is 36.1 Å². The third-order valence-corrected chi connectivity index (χ3v) is 4.60. The maximum absolute atomic E-state index is 12.1. The first kappa shape index (κ1) is 16.2. The molecule has 0 N–H and O–H groups in total. The van der Waals surface area contributed by atoms with Gasteiger partial charge in [0.25, 0.3) is 0 Å². The highest BCUT2D eigenvalue weighted by molar-refractivity contribution is 5.88. The van der Waals surface area contributed by atoms with Crippen molar-refractivity contribution in [1.29, 1.82) is 0 Å². The van der Waals surface area contributed by atoms with Gasteiger partial charge in [0, 0.05) is 38.8 Å². The van der Waals surface area contributed by atoms with Gasteiger partial charge in [0.15, 0.2) is 0 Å². The maximum atomic E-state index is 12.1. The van der Waals surface area contributed by atoms with Crippen molar-refractivity contribution in [1.82, 2.24) is 9.80 Å². The smallest absolute Gasteiger partial charge is 0.246 e. The minimum absolute atomic E-state index is 0.152. The van der Waals surface area contributed by atoms with Crippen LogP contribution in [0.2, 0.25) is 0 Å². The molecule has 4 heteroatoms. The van der Waals surface area contributed by atoms with Crippen molar-refractivity contribution in [3.05, 3.63) is 47.5 Å². The Morgan fingerprint density at radius 3 is 2.83 bits per heavy atom. The number of likely N-dealkylation sites (tertiary alicyclic amines) is 1. The quantitative estimate of drug-likeness (QED) is 0.778. The van der Waals surface area contributed by atoms with E-state index in [-0.39, 0.29) is 5.91 Å². The minimum Gasteiger partial charge on any atom is -0.379 e. The van der Waals surface area contributed by atoms with Gasteiger partial charge in [-0.25, -0.2) is 0 Å². The second kappa shape index (κ2) is 7.75. The predicted octanol–water partition coefficient (Wildman–Crippen LogP) is 1.88. The number of hydrogen-bond donors (Lipinski definition) is 0. The van der Waals surface area contributed by atoms with E-state index >= 15 is 0 Å². The van der Waals surface area contributed by atoms with Crippen molar-refractivity contribution in [2.45, 2.75) is 13.3 Å². The summed E-state index contributed by atoms with van der Waals surface area (Å²) in [5.74, 6) is 0.757. The molecular formula is C19H26N2O2. The topological polar surface area (TPSA) is 32.8 Å². The average Bonchev–Trinajstić information content (AvgIpc) is 2.51. The van der Waals surface area contributed by atoms with E-state index in [0.717, 1.165) is 52.4 Å². The van der Waals surface area contributed by atoms with Crippen LogP contribution in [0.5, 0.6) is 0 Å². The Kier molecular flexibility index (Phi) is 5.47. The summed E-state index contributed by atoms with van der Waals surface area (Å²) in [6.45, 7) is 8.25. The van der Waals surface area contributed by atoms with Crippen molar-refractivity contribution in [2.75, 3.05) is 45.9 Å². The first-order chi connectivity index (χ1) is 11.2. The molecule has 0 aromatic heterocycles. The zero-order valence-electron chi connectivity index (χ0n) is 13.9. The molecular weight excluding hydrogens is 288 g/mol. The summed E-state index contributed by atoms with van der Waals surface area (Å²) in [4.78, 5) is 16.4. The normalized spacial score (nSPS) is 20.0. The van der Waals surface area contributed by atoms with Crippen LogP contribution in [0.3, 0.4) is 0 Å². The number of carbonyl (C=O) groups is 1. The lowest BCUT2D eigenvalue weighted by molar-refractivity contribution is -0.132. The number of morpholine rings is 1. The number of rotatable bonds is 5. The fourth-order valence-electron chi connectivity index (χ4n) is 3.24.